The molecule has 2 rings (SSSR count). The lowest BCUT2D eigenvalue weighted by atomic mass is 9.91. The highest BCUT2D eigenvalue weighted by molar-refractivity contribution is 7.89. The number of carbonyl (C=O) groups is 1. The number of nitrogens with two attached hydrogens (primary N) is 1. The molecule has 0 radical (unpaired) electrons. The van der Waals surface area contributed by atoms with Crippen LogP contribution in [-0.4, -0.2) is 48.0 Å². The maximum Gasteiger partial charge on any atom is 0.248 e. The molecular formula is C12H18F2N4O3S. The van der Waals surface area contributed by atoms with Crippen LogP contribution in [-0.2, 0) is 21.4 Å². The third kappa shape index (κ3) is 4.01. The first-order valence-electron chi connectivity index (χ1n) is 6.77. The minimum atomic E-state index is -3.86. The Kier molecular flexibility index (Phi) is 4.52. The summed E-state index contributed by atoms with van der Waals surface area (Å²) >= 11 is 0. The fourth-order valence-corrected chi connectivity index (χ4v) is 2.91. The fraction of sp³-hybridized carbons (Fsp3) is 0.667. The van der Waals surface area contributed by atoms with Gasteiger partial charge in [0, 0.05) is 32.1 Å². The zero-order chi connectivity index (χ0) is 16.5. The molecule has 1 aliphatic carbocycles. The second kappa shape index (κ2) is 5.92. The van der Waals surface area contributed by atoms with Gasteiger partial charge in [-0.2, -0.15) is 5.10 Å². The summed E-state index contributed by atoms with van der Waals surface area (Å²) in [6.45, 7) is -0.168. The third-order valence-corrected chi connectivity index (χ3v) is 4.73. The first kappa shape index (κ1) is 16.8. The summed E-state index contributed by atoms with van der Waals surface area (Å²) in [6.07, 6.45) is 2.26. The van der Waals surface area contributed by atoms with Gasteiger partial charge in [0.1, 0.15) is 11.4 Å². The number of rotatable bonds is 4. The van der Waals surface area contributed by atoms with E-state index in [-0.39, 0.29) is 49.1 Å². The van der Waals surface area contributed by atoms with Gasteiger partial charge in [-0.3, -0.25) is 9.48 Å². The molecule has 1 heterocycles. The second-order valence-electron chi connectivity index (χ2n) is 5.51. The fourth-order valence-electron chi connectivity index (χ4n) is 2.44. The zero-order valence-electron chi connectivity index (χ0n) is 12.1. The molecule has 0 bridgehead atoms. The highest BCUT2D eigenvalue weighted by Crippen LogP contribution is 2.34. The van der Waals surface area contributed by atoms with E-state index in [0.29, 0.717) is 0 Å². The molecule has 10 heteroatoms. The number of sulfonamides is 1. The van der Waals surface area contributed by atoms with Crippen molar-refractivity contribution >= 4 is 15.9 Å². The van der Waals surface area contributed by atoms with Crippen LogP contribution in [0.5, 0.6) is 0 Å². The summed E-state index contributed by atoms with van der Waals surface area (Å²) < 4.78 is 49.7. The molecular weight excluding hydrogens is 318 g/mol. The molecule has 0 spiro atoms. The van der Waals surface area contributed by atoms with Crippen LogP contribution in [0.2, 0.25) is 0 Å². The van der Waals surface area contributed by atoms with E-state index < -0.39 is 15.9 Å². The molecule has 1 aromatic rings. The first-order chi connectivity index (χ1) is 10.1. The van der Waals surface area contributed by atoms with Gasteiger partial charge in [0.25, 0.3) is 0 Å². The van der Waals surface area contributed by atoms with Crippen molar-refractivity contribution in [1.82, 2.24) is 14.7 Å². The predicted molar refractivity (Wildman–Crippen MR) is 73.6 cm³/mol. The number of primary sulfonamides is 1. The van der Waals surface area contributed by atoms with Crippen molar-refractivity contribution < 1.29 is 22.0 Å². The first-order valence-corrected chi connectivity index (χ1v) is 8.32. The maximum absolute atomic E-state index is 13.1. The van der Waals surface area contributed by atoms with Crippen LogP contribution in [0.4, 0.5) is 8.78 Å². The number of alkyl halides is 2. The Morgan fingerprint density at radius 3 is 2.59 bits per heavy atom. The predicted octanol–water partition coefficient (Wildman–Crippen LogP) is 0.567. The van der Waals surface area contributed by atoms with Gasteiger partial charge in [-0.1, -0.05) is 0 Å². The normalized spacial score (nSPS) is 19.1. The van der Waals surface area contributed by atoms with Crippen molar-refractivity contribution in [2.75, 3.05) is 7.05 Å². The third-order valence-electron chi connectivity index (χ3n) is 3.86. The van der Waals surface area contributed by atoms with Gasteiger partial charge in [0.05, 0.1) is 6.20 Å². The van der Waals surface area contributed by atoms with Crippen molar-refractivity contribution in [1.29, 1.82) is 0 Å². The molecule has 0 atom stereocenters. The van der Waals surface area contributed by atoms with Gasteiger partial charge in [-0.05, 0) is 12.8 Å². The summed E-state index contributed by atoms with van der Waals surface area (Å²) in [5.74, 6) is -2.97. The van der Waals surface area contributed by atoms with Gasteiger partial charge in [-0.15, -0.1) is 0 Å². The van der Waals surface area contributed by atoms with E-state index >= 15 is 0 Å². The Labute approximate surface area is 127 Å². The van der Waals surface area contributed by atoms with E-state index in [2.05, 4.69) is 5.10 Å². The number of hydrogen-bond acceptors (Lipinski definition) is 4. The number of likely N-dealkylation sites (N-methyl/N-ethyl adjacent to an activating group) is 1. The molecule has 0 aliphatic heterocycles. The van der Waals surface area contributed by atoms with E-state index in [0.717, 1.165) is 17.1 Å². The molecule has 22 heavy (non-hydrogen) atoms. The monoisotopic (exact) mass is 336 g/mol. The maximum atomic E-state index is 13.1. The van der Waals surface area contributed by atoms with Crippen molar-refractivity contribution in [3.63, 3.8) is 0 Å². The van der Waals surface area contributed by atoms with Crippen LogP contribution in [0, 0.1) is 0 Å². The number of carbonyl (C=O) groups excluding carboxylic acids is 1. The van der Waals surface area contributed by atoms with E-state index in [1.54, 1.807) is 7.05 Å². The molecule has 0 unspecified atom stereocenters. The summed E-state index contributed by atoms with van der Waals surface area (Å²) in [4.78, 5) is 13.4. The lowest BCUT2D eigenvalue weighted by Gasteiger charge is -2.34. The van der Waals surface area contributed by atoms with Gasteiger partial charge in [-0.25, -0.2) is 22.3 Å². The van der Waals surface area contributed by atoms with Crippen molar-refractivity contribution in [2.24, 2.45) is 5.14 Å². The topological polar surface area (TPSA) is 98.3 Å². The standard InChI is InChI=1S/C12H18F2N4O3S/c1-17(9-2-4-12(13,14)5-3-9)11(19)8-18-7-10(6-16-18)22(15,20)21/h6-7,9H,2-5,8H2,1H3,(H2,15,20,21). The minimum absolute atomic E-state index is 0.168. The molecule has 7 nitrogen and oxygen atoms in total. The van der Waals surface area contributed by atoms with E-state index in [9.17, 15) is 22.0 Å². The summed E-state index contributed by atoms with van der Waals surface area (Å²) in [5, 5.41) is 8.72. The number of aromatic nitrogens is 2. The van der Waals surface area contributed by atoms with Crippen LogP contribution in [0.25, 0.3) is 0 Å². The van der Waals surface area contributed by atoms with Crippen LogP contribution in [0.15, 0.2) is 17.3 Å². The lowest BCUT2D eigenvalue weighted by molar-refractivity contribution is -0.135. The van der Waals surface area contributed by atoms with Crippen molar-refractivity contribution in [3.8, 4) is 0 Å². The molecule has 1 aliphatic rings. The van der Waals surface area contributed by atoms with Gasteiger partial charge < -0.3 is 4.90 Å². The van der Waals surface area contributed by atoms with E-state index in [4.69, 9.17) is 5.14 Å². The van der Waals surface area contributed by atoms with E-state index in [1.807, 2.05) is 0 Å². The number of nitrogens with zero attached hydrogens (tertiary/aromatic N) is 3. The molecule has 1 saturated carbocycles. The van der Waals surface area contributed by atoms with Crippen LogP contribution in [0.3, 0.4) is 0 Å². The van der Waals surface area contributed by atoms with Crippen molar-refractivity contribution in [2.45, 2.75) is 49.1 Å². The molecule has 1 amide bonds. The lowest BCUT2D eigenvalue weighted by Crippen LogP contribution is -2.43. The highest BCUT2D eigenvalue weighted by atomic mass is 32.2. The molecule has 0 saturated heterocycles. The highest BCUT2D eigenvalue weighted by Gasteiger charge is 2.37. The van der Waals surface area contributed by atoms with Crippen LogP contribution >= 0.6 is 0 Å². The molecule has 1 fully saturated rings. The zero-order valence-corrected chi connectivity index (χ0v) is 12.9. The SMILES string of the molecule is CN(C(=O)Cn1cc(S(N)(=O)=O)cn1)C1CCC(F)(F)CC1. The van der Waals surface area contributed by atoms with Gasteiger partial charge >= 0.3 is 0 Å². The summed E-state index contributed by atoms with van der Waals surface area (Å²) in [7, 11) is -2.31. The number of hydrogen-bond donors (Lipinski definition) is 1. The van der Waals surface area contributed by atoms with Crippen LogP contribution in [0.1, 0.15) is 25.7 Å². The molecule has 0 aromatic carbocycles. The number of amides is 1. The quantitative estimate of drug-likeness (QED) is 0.869. The number of halogens is 2. The Morgan fingerprint density at radius 2 is 2.09 bits per heavy atom. The Morgan fingerprint density at radius 1 is 1.50 bits per heavy atom. The largest absolute Gasteiger partial charge is 0.341 e. The average Bonchev–Trinajstić information content (AvgIpc) is 2.86. The Balaban J connectivity index is 1.96. The Hall–Kier alpha value is -1.55. The molecule has 124 valence electrons. The average molecular weight is 336 g/mol. The van der Waals surface area contributed by atoms with Gasteiger partial charge in [0.2, 0.25) is 21.9 Å². The smallest absolute Gasteiger partial charge is 0.248 e. The summed E-state index contributed by atoms with van der Waals surface area (Å²) in [5.41, 5.74) is 0. The van der Waals surface area contributed by atoms with Crippen molar-refractivity contribution in [3.05, 3.63) is 12.4 Å². The minimum Gasteiger partial charge on any atom is -0.341 e. The van der Waals surface area contributed by atoms with E-state index in [1.165, 1.54) is 4.90 Å². The van der Waals surface area contributed by atoms with Gasteiger partial charge in [0.15, 0.2) is 0 Å². The van der Waals surface area contributed by atoms with Crippen LogP contribution < -0.4 is 5.14 Å². The second-order valence-corrected chi connectivity index (χ2v) is 7.07. The molecule has 2 N–H and O–H groups in total. The Bertz CT molecular complexity index is 649. The summed E-state index contributed by atoms with van der Waals surface area (Å²) in [6, 6.07) is -0.236. The molecule has 1 aromatic heterocycles.